The van der Waals surface area contributed by atoms with Gasteiger partial charge >= 0.3 is 0 Å². The quantitative estimate of drug-likeness (QED) is 0.698. The number of anilines is 1. The maximum atomic E-state index is 6.17. The van der Waals surface area contributed by atoms with E-state index in [1.165, 1.54) is 27.6 Å². The fourth-order valence-electron chi connectivity index (χ4n) is 3.98. The van der Waals surface area contributed by atoms with Crippen LogP contribution in [0.1, 0.15) is 23.3 Å². The van der Waals surface area contributed by atoms with Crippen molar-refractivity contribution in [1.29, 1.82) is 0 Å². The summed E-state index contributed by atoms with van der Waals surface area (Å²) in [5.41, 5.74) is 3.86. The van der Waals surface area contributed by atoms with Gasteiger partial charge in [-0.25, -0.2) is 0 Å². The predicted octanol–water partition coefficient (Wildman–Crippen LogP) is 4.44. The van der Waals surface area contributed by atoms with Crippen molar-refractivity contribution in [2.45, 2.75) is 12.1 Å². The lowest BCUT2D eigenvalue weighted by Crippen LogP contribution is -2.22. The van der Waals surface area contributed by atoms with Crippen molar-refractivity contribution < 1.29 is 9.47 Å². The van der Waals surface area contributed by atoms with Crippen molar-refractivity contribution in [2.24, 2.45) is 0 Å². The molecule has 0 saturated carbocycles. The van der Waals surface area contributed by atoms with Crippen LogP contribution in [0.3, 0.4) is 0 Å². The zero-order valence-corrected chi connectivity index (χ0v) is 12.9. The fraction of sp³-hybridized carbons (Fsp3) is 0.200. The van der Waals surface area contributed by atoms with Crippen molar-refractivity contribution in [3.05, 3.63) is 71.8 Å². The lowest BCUT2D eigenvalue weighted by Gasteiger charge is -2.25. The molecule has 3 heteroatoms. The summed E-state index contributed by atoms with van der Waals surface area (Å²) in [7, 11) is 1.69. The second kappa shape index (κ2) is 4.74. The van der Waals surface area contributed by atoms with E-state index in [1.54, 1.807) is 7.11 Å². The maximum absolute atomic E-state index is 6.17. The van der Waals surface area contributed by atoms with Gasteiger partial charge in [-0.2, -0.15) is 0 Å². The van der Waals surface area contributed by atoms with Gasteiger partial charge in [-0.05, 0) is 46.2 Å². The van der Waals surface area contributed by atoms with E-state index >= 15 is 0 Å². The summed E-state index contributed by atoms with van der Waals surface area (Å²) in [4.78, 5) is 2.35. The van der Waals surface area contributed by atoms with E-state index in [1.807, 2.05) is 12.1 Å². The first kappa shape index (κ1) is 13.0. The smallest absolute Gasteiger partial charge is 0.120 e. The van der Waals surface area contributed by atoms with Crippen LogP contribution in [0.2, 0.25) is 0 Å². The van der Waals surface area contributed by atoms with Crippen LogP contribution in [-0.4, -0.2) is 13.8 Å². The minimum atomic E-state index is 0.123. The van der Waals surface area contributed by atoms with Gasteiger partial charge in [0.25, 0.3) is 0 Å². The molecule has 3 nitrogen and oxygen atoms in total. The standard InChI is InChI=1S/C20H17NO2/c1-22-15-10-8-14(9-11-15)21-12-23-20-17-7-3-5-13-4-2-6-16(18(13)17)19(20)21/h2-11,19-20H,12H2,1H3/t19-,20-/m0/s1. The number of hydrogen-bond donors (Lipinski definition) is 0. The van der Waals surface area contributed by atoms with E-state index in [4.69, 9.17) is 9.47 Å². The Hall–Kier alpha value is -2.52. The maximum Gasteiger partial charge on any atom is 0.120 e. The second-order valence-corrected chi connectivity index (χ2v) is 6.12. The number of nitrogens with zero attached hydrogens (tertiary/aromatic N) is 1. The second-order valence-electron chi connectivity index (χ2n) is 6.12. The molecule has 2 aliphatic rings. The highest BCUT2D eigenvalue weighted by Crippen LogP contribution is 2.53. The Labute approximate surface area is 135 Å². The van der Waals surface area contributed by atoms with Gasteiger partial charge in [0.2, 0.25) is 0 Å². The first-order valence-electron chi connectivity index (χ1n) is 7.90. The molecule has 1 heterocycles. The van der Waals surface area contributed by atoms with Gasteiger partial charge < -0.3 is 14.4 Å². The number of methoxy groups -OCH3 is 1. The number of hydrogen-bond acceptors (Lipinski definition) is 3. The monoisotopic (exact) mass is 303 g/mol. The lowest BCUT2D eigenvalue weighted by atomic mass is 10.0. The first-order valence-corrected chi connectivity index (χ1v) is 7.90. The van der Waals surface area contributed by atoms with Crippen LogP contribution >= 0.6 is 0 Å². The summed E-state index contributed by atoms with van der Waals surface area (Å²) in [5, 5.41) is 2.66. The van der Waals surface area contributed by atoms with Gasteiger partial charge in [0.05, 0.1) is 13.2 Å². The SMILES string of the molecule is COc1ccc(N2CO[C@H]3c4cccc5cccc(c45)[C@@H]32)cc1. The number of benzene rings is 3. The van der Waals surface area contributed by atoms with Crippen LogP contribution in [0.5, 0.6) is 5.75 Å². The van der Waals surface area contributed by atoms with Gasteiger partial charge in [0, 0.05) is 5.69 Å². The lowest BCUT2D eigenvalue weighted by molar-refractivity contribution is 0.109. The van der Waals surface area contributed by atoms with E-state index in [2.05, 4.69) is 53.4 Å². The van der Waals surface area contributed by atoms with E-state index in [-0.39, 0.29) is 12.1 Å². The molecule has 5 rings (SSSR count). The zero-order valence-electron chi connectivity index (χ0n) is 12.9. The van der Waals surface area contributed by atoms with E-state index < -0.39 is 0 Å². The van der Waals surface area contributed by atoms with Crippen molar-refractivity contribution in [3.8, 4) is 5.75 Å². The molecular weight excluding hydrogens is 286 g/mol. The third kappa shape index (κ3) is 1.74. The first-order chi connectivity index (χ1) is 11.4. The molecule has 1 saturated heterocycles. The molecule has 0 unspecified atom stereocenters. The number of rotatable bonds is 2. The molecule has 114 valence electrons. The van der Waals surface area contributed by atoms with Crippen molar-refractivity contribution in [2.75, 3.05) is 18.7 Å². The van der Waals surface area contributed by atoms with E-state index in [9.17, 15) is 0 Å². The highest BCUT2D eigenvalue weighted by Gasteiger charge is 2.43. The Balaban J connectivity index is 1.63. The predicted molar refractivity (Wildman–Crippen MR) is 90.9 cm³/mol. The summed E-state index contributed by atoms with van der Waals surface area (Å²) in [6, 6.07) is 21.6. The highest BCUT2D eigenvalue weighted by atomic mass is 16.5. The summed E-state index contributed by atoms with van der Waals surface area (Å²) < 4.78 is 11.4. The average Bonchev–Trinajstić information content (AvgIpc) is 3.17. The van der Waals surface area contributed by atoms with E-state index in [0.717, 1.165) is 5.75 Å². The van der Waals surface area contributed by atoms with Crippen LogP contribution in [0.25, 0.3) is 10.8 Å². The summed E-state index contributed by atoms with van der Waals surface area (Å²) in [5.74, 6) is 0.877. The van der Waals surface area contributed by atoms with Crippen LogP contribution in [0.15, 0.2) is 60.7 Å². The Bertz CT molecular complexity index is 883. The van der Waals surface area contributed by atoms with Gasteiger partial charge in [0.15, 0.2) is 0 Å². The van der Waals surface area contributed by atoms with Crippen molar-refractivity contribution >= 4 is 16.5 Å². The van der Waals surface area contributed by atoms with Crippen LogP contribution in [0, 0.1) is 0 Å². The molecule has 0 amide bonds. The minimum Gasteiger partial charge on any atom is -0.497 e. The van der Waals surface area contributed by atoms with Crippen LogP contribution < -0.4 is 9.64 Å². The number of fused-ring (bicyclic) bond motifs is 3. The molecule has 23 heavy (non-hydrogen) atoms. The molecule has 0 aromatic heterocycles. The van der Waals surface area contributed by atoms with Crippen LogP contribution in [-0.2, 0) is 4.74 Å². The fourth-order valence-corrected chi connectivity index (χ4v) is 3.98. The average molecular weight is 303 g/mol. The van der Waals surface area contributed by atoms with Crippen molar-refractivity contribution in [1.82, 2.24) is 0 Å². The molecule has 1 aliphatic carbocycles. The van der Waals surface area contributed by atoms with Gasteiger partial charge in [-0.1, -0.05) is 36.4 Å². The molecule has 1 fully saturated rings. The molecule has 0 N–H and O–H groups in total. The van der Waals surface area contributed by atoms with Crippen molar-refractivity contribution in [3.63, 3.8) is 0 Å². The summed E-state index contributed by atoms with van der Waals surface area (Å²) in [6.45, 7) is 0.617. The molecule has 3 aromatic rings. The summed E-state index contributed by atoms with van der Waals surface area (Å²) >= 11 is 0. The molecule has 1 aliphatic heterocycles. The Morgan fingerprint density at radius 1 is 0.957 bits per heavy atom. The number of ether oxygens (including phenoxy) is 2. The molecule has 2 atom stereocenters. The summed E-state index contributed by atoms with van der Waals surface area (Å²) in [6.07, 6.45) is 0.123. The van der Waals surface area contributed by atoms with E-state index in [0.29, 0.717) is 6.73 Å². The molecule has 0 radical (unpaired) electrons. The Morgan fingerprint density at radius 3 is 2.43 bits per heavy atom. The molecule has 0 spiro atoms. The third-order valence-corrected chi connectivity index (χ3v) is 5.01. The van der Waals surface area contributed by atoms with Gasteiger partial charge in [0.1, 0.15) is 18.6 Å². The minimum absolute atomic E-state index is 0.123. The Kier molecular flexibility index (Phi) is 2.67. The topological polar surface area (TPSA) is 21.7 Å². The van der Waals surface area contributed by atoms with Crippen LogP contribution in [0.4, 0.5) is 5.69 Å². The largest absolute Gasteiger partial charge is 0.497 e. The highest BCUT2D eigenvalue weighted by molar-refractivity contribution is 5.92. The van der Waals surface area contributed by atoms with Gasteiger partial charge in [-0.15, -0.1) is 0 Å². The molecule has 0 bridgehead atoms. The zero-order chi connectivity index (χ0) is 15.4. The molecule has 3 aromatic carbocycles. The van der Waals surface area contributed by atoms with Gasteiger partial charge in [-0.3, -0.25) is 0 Å². The normalized spacial score (nSPS) is 21.7. The Morgan fingerprint density at radius 2 is 1.70 bits per heavy atom. The molecular formula is C20H17NO2. The third-order valence-electron chi connectivity index (χ3n) is 5.01.